The van der Waals surface area contributed by atoms with Crippen LogP contribution in [0.1, 0.15) is 0 Å². The molecule has 0 aliphatic heterocycles. The van der Waals surface area contributed by atoms with Crippen LogP contribution in [0.15, 0.2) is 10.3 Å². The highest BCUT2D eigenvalue weighted by atomic mass is 35.5. The lowest BCUT2D eigenvalue weighted by Gasteiger charge is -2.10. The van der Waals surface area contributed by atoms with Crippen LogP contribution in [0, 0.1) is 10.1 Å². The Morgan fingerprint density at radius 1 is 1.70 bits per heavy atom. The van der Waals surface area contributed by atoms with Crippen molar-refractivity contribution >= 4 is 44.6 Å². The first kappa shape index (κ1) is 16.8. The van der Waals surface area contributed by atoms with Crippen molar-refractivity contribution in [1.82, 2.24) is 4.72 Å². The molecule has 1 heterocycles. The van der Waals surface area contributed by atoms with Gasteiger partial charge < -0.3 is 9.84 Å². The van der Waals surface area contributed by atoms with E-state index < -0.39 is 39.3 Å². The van der Waals surface area contributed by atoms with Gasteiger partial charge in [0.25, 0.3) is 5.69 Å². The Bertz CT molecular complexity index is 627. The first-order valence-electron chi connectivity index (χ1n) is 4.88. The van der Waals surface area contributed by atoms with E-state index in [1.807, 2.05) is 4.72 Å². The van der Waals surface area contributed by atoms with Crippen molar-refractivity contribution < 1.29 is 28.0 Å². The predicted octanol–water partition coefficient (Wildman–Crippen LogP) is 0.688. The number of carbonyl (C=O) groups is 1. The van der Waals surface area contributed by atoms with Gasteiger partial charge in [-0.15, -0.1) is 11.3 Å². The molecule has 112 valence electrons. The number of hydrogen-bond donors (Lipinski definition) is 2. The Hall–Kier alpha value is -1.27. The van der Waals surface area contributed by atoms with Crippen LogP contribution in [0.3, 0.4) is 0 Å². The average molecular weight is 345 g/mol. The SMILES string of the molecule is COC(CNS(=O)(=O)c1cc([N+](=O)[O-])c(Cl)s1)C(=O)O. The molecule has 0 aliphatic rings. The van der Waals surface area contributed by atoms with Crippen LogP contribution in [-0.2, 0) is 19.6 Å². The Labute approximate surface area is 122 Å². The normalized spacial score (nSPS) is 13.1. The molecule has 1 atom stereocenters. The standard InChI is InChI=1S/C8H9ClN2O7S2/c1-18-5(8(12)13)3-10-20(16,17)6-2-4(11(14)15)7(9)19-6/h2,5,10H,3H2,1H3,(H,12,13). The molecule has 0 spiro atoms. The number of nitrogens with zero attached hydrogens (tertiary/aromatic N) is 1. The molecule has 0 bridgehead atoms. The second-order valence-corrected chi connectivity index (χ2v) is 7.04. The third-order valence-electron chi connectivity index (χ3n) is 2.13. The second-order valence-electron chi connectivity index (χ2n) is 3.40. The summed E-state index contributed by atoms with van der Waals surface area (Å²) in [6.45, 7) is -0.516. The first-order chi connectivity index (χ1) is 9.19. The van der Waals surface area contributed by atoms with E-state index in [1.165, 1.54) is 0 Å². The van der Waals surface area contributed by atoms with Crippen LogP contribution < -0.4 is 4.72 Å². The van der Waals surface area contributed by atoms with Gasteiger partial charge in [-0.2, -0.15) is 0 Å². The molecule has 1 rings (SSSR count). The van der Waals surface area contributed by atoms with Crippen molar-refractivity contribution in [3.63, 3.8) is 0 Å². The molecule has 20 heavy (non-hydrogen) atoms. The van der Waals surface area contributed by atoms with E-state index in [4.69, 9.17) is 16.7 Å². The lowest BCUT2D eigenvalue weighted by atomic mass is 10.4. The van der Waals surface area contributed by atoms with Crippen molar-refractivity contribution in [2.24, 2.45) is 0 Å². The Balaban J connectivity index is 2.92. The quantitative estimate of drug-likeness (QED) is 0.548. The molecule has 0 saturated carbocycles. The summed E-state index contributed by atoms with van der Waals surface area (Å²) in [4.78, 5) is 20.4. The second kappa shape index (κ2) is 6.45. The molecule has 0 aliphatic carbocycles. The number of rotatable bonds is 7. The first-order valence-corrected chi connectivity index (χ1v) is 7.55. The van der Waals surface area contributed by atoms with E-state index in [2.05, 4.69) is 4.74 Å². The molecule has 2 N–H and O–H groups in total. The molecule has 0 amide bonds. The third-order valence-corrected chi connectivity index (χ3v) is 5.36. The molecule has 1 aromatic rings. The highest BCUT2D eigenvalue weighted by Crippen LogP contribution is 2.36. The van der Waals surface area contributed by atoms with Gasteiger partial charge in [-0.25, -0.2) is 17.9 Å². The summed E-state index contributed by atoms with van der Waals surface area (Å²) < 4.78 is 29.5. The maximum atomic E-state index is 11.8. The van der Waals surface area contributed by atoms with Crippen molar-refractivity contribution in [2.75, 3.05) is 13.7 Å². The summed E-state index contributed by atoms with van der Waals surface area (Å²) in [5.74, 6) is -1.34. The molecule has 0 radical (unpaired) electrons. The highest BCUT2D eigenvalue weighted by molar-refractivity contribution is 7.91. The van der Waals surface area contributed by atoms with Gasteiger partial charge in [0.2, 0.25) is 10.0 Å². The summed E-state index contributed by atoms with van der Waals surface area (Å²) in [7, 11) is -2.99. The lowest BCUT2D eigenvalue weighted by molar-refractivity contribution is -0.384. The number of carboxylic acids is 1. The topological polar surface area (TPSA) is 136 Å². The number of ether oxygens (including phenoxy) is 1. The van der Waals surface area contributed by atoms with Crippen molar-refractivity contribution in [3.8, 4) is 0 Å². The van der Waals surface area contributed by atoms with Crippen LogP contribution >= 0.6 is 22.9 Å². The Kier molecular flexibility index (Phi) is 5.42. The molecule has 0 aromatic carbocycles. The van der Waals surface area contributed by atoms with Gasteiger partial charge in [0, 0.05) is 19.7 Å². The number of aliphatic carboxylic acids is 1. The fourth-order valence-corrected chi connectivity index (χ4v) is 3.86. The van der Waals surface area contributed by atoms with E-state index >= 15 is 0 Å². The number of carboxylic acid groups (broad SMARTS) is 1. The van der Waals surface area contributed by atoms with Gasteiger partial charge in [-0.05, 0) is 0 Å². The van der Waals surface area contributed by atoms with Crippen molar-refractivity contribution in [3.05, 3.63) is 20.5 Å². The molecule has 1 unspecified atom stereocenters. The summed E-state index contributed by atoms with van der Waals surface area (Å²) in [5.41, 5.74) is -0.529. The van der Waals surface area contributed by atoms with Gasteiger partial charge in [0.1, 0.15) is 4.21 Å². The molecule has 12 heteroatoms. The fraction of sp³-hybridized carbons (Fsp3) is 0.375. The van der Waals surface area contributed by atoms with Gasteiger partial charge in [-0.3, -0.25) is 10.1 Å². The van der Waals surface area contributed by atoms with E-state index in [0.29, 0.717) is 11.3 Å². The number of thiophene rings is 1. The predicted molar refractivity (Wildman–Crippen MR) is 69.6 cm³/mol. The highest BCUT2D eigenvalue weighted by Gasteiger charge is 2.27. The van der Waals surface area contributed by atoms with Gasteiger partial charge >= 0.3 is 5.97 Å². The van der Waals surface area contributed by atoms with Gasteiger partial charge in [0.15, 0.2) is 10.4 Å². The van der Waals surface area contributed by atoms with Gasteiger partial charge in [-0.1, -0.05) is 11.6 Å². The third kappa shape index (κ3) is 3.86. The minimum Gasteiger partial charge on any atom is -0.479 e. The maximum Gasteiger partial charge on any atom is 0.334 e. The summed E-state index contributed by atoms with van der Waals surface area (Å²) in [5, 5.41) is 19.3. The monoisotopic (exact) mass is 344 g/mol. The molecule has 0 fully saturated rings. The van der Waals surface area contributed by atoms with Crippen LogP contribution in [-0.4, -0.2) is 44.2 Å². The number of nitro groups is 1. The Morgan fingerprint density at radius 2 is 2.30 bits per heavy atom. The number of sulfonamides is 1. The minimum atomic E-state index is -4.10. The molecular formula is C8H9ClN2O7S2. The molecule has 1 aromatic heterocycles. The summed E-state index contributed by atoms with van der Waals surface area (Å²) in [6.07, 6.45) is -1.37. The van der Waals surface area contributed by atoms with E-state index in [9.17, 15) is 23.3 Å². The zero-order valence-electron chi connectivity index (χ0n) is 9.90. The summed E-state index contributed by atoms with van der Waals surface area (Å²) >= 11 is 6.05. The Morgan fingerprint density at radius 3 is 2.70 bits per heavy atom. The van der Waals surface area contributed by atoms with Crippen molar-refractivity contribution in [2.45, 2.75) is 10.3 Å². The molecule has 9 nitrogen and oxygen atoms in total. The number of nitrogens with one attached hydrogen (secondary N) is 1. The lowest BCUT2D eigenvalue weighted by Crippen LogP contribution is -2.37. The van der Waals surface area contributed by atoms with Crippen LogP contribution in [0.25, 0.3) is 0 Å². The fourth-order valence-electron chi connectivity index (χ4n) is 1.12. The minimum absolute atomic E-state index is 0.281. The van der Waals surface area contributed by atoms with Crippen molar-refractivity contribution in [1.29, 1.82) is 0 Å². The molecular weight excluding hydrogens is 336 g/mol. The van der Waals surface area contributed by atoms with Crippen LogP contribution in [0.4, 0.5) is 5.69 Å². The number of halogens is 1. The van der Waals surface area contributed by atoms with E-state index in [-0.39, 0.29) is 8.55 Å². The summed E-state index contributed by atoms with van der Waals surface area (Å²) in [6, 6.07) is 0.803. The average Bonchev–Trinajstić information content (AvgIpc) is 2.72. The van der Waals surface area contributed by atoms with Gasteiger partial charge in [0.05, 0.1) is 4.92 Å². The number of methoxy groups -OCH3 is 1. The zero-order valence-corrected chi connectivity index (χ0v) is 12.3. The van der Waals surface area contributed by atoms with Crippen LogP contribution in [0.5, 0.6) is 0 Å². The largest absolute Gasteiger partial charge is 0.479 e. The van der Waals surface area contributed by atoms with E-state index in [1.54, 1.807) is 0 Å². The van der Waals surface area contributed by atoms with Crippen LogP contribution in [0.2, 0.25) is 4.34 Å². The maximum absolute atomic E-state index is 11.8. The van der Waals surface area contributed by atoms with E-state index in [0.717, 1.165) is 13.2 Å². The zero-order chi connectivity index (χ0) is 15.5. The smallest absolute Gasteiger partial charge is 0.334 e. The molecule has 0 saturated heterocycles. The number of hydrogen-bond acceptors (Lipinski definition) is 7.